The molecule has 0 radical (unpaired) electrons. The molecule has 0 fully saturated rings. The average molecular weight is 401 g/mol. The van der Waals surface area contributed by atoms with Crippen LogP contribution in [0.2, 0.25) is 0 Å². The van der Waals surface area contributed by atoms with Crippen molar-refractivity contribution in [2.75, 3.05) is 26.6 Å². The van der Waals surface area contributed by atoms with E-state index in [1.165, 1.54) is 33.5 Å². The number of methoxy groups -OCH3 is 3. The summed E-state index contributed by atoms with van der Waals surface area (Å²) in [6.45, 7) is 0. The molecule has 2 N–H and O–H groups in total. The van der Waals surface area contributed by atoms with E-state index in [9.17, 15) is 23.1 Å². The van der Waals surface area contributed by atoms with E-state index < -0.39 is 30.7 Å². The number of hydrogen-bond donors (Lipinski definition) is 2. The highest BCUT2D eigenvalue weighted by atomic mass is 19.4. The van der Waals surface area contributed by atoms with E-state index >= 15 is 0 Å². The molecule has 8 nitrogen and oxygen atoms in total. The molecule has 0 amide bonds. The minimum Gasteiger partial charge on any atom is -0.493 e. The quantitative estimate of drug-likeness (QED) is 0.794. The topological polar surface area (TPSA) is 94.8 Å². The Morgan fingerprint density at radius 2 is 1.82 bits per heavy atom. The number of hydrogen-bond acceptors (Lipinski definition) is 6. The number of carbonyl (C=O) groups is 1. The van der Waals surface area contributed by atoms with Crippen molar-refractivity contribution >= 4 is 11.8 Å². The highest BCUT2D eigenvalue weighted by molar-refractivity contribution is 5.93. The summed E-state index contributed by atoms with van der Waals surface area (Å²) in [6.07, 6.45) is -4.10. The van der Waals surface area contributed by atoms with Crippen LogP contribution in [0.15, 0.2) is 18.3 Å². The standard InChI is InChI=1S/C17H18F3N3O5/c1-26-11-4-8(5-12(27-2)14(11)28-3)10-6-13(17(18,19)20)23-15(22-10)9(7-21-23)16(24)25/h4-5,7,10,13,22H,6H2,1-3H3,(H,24,25)/t10-,13+/m1/s1. The highest BCUT2D eigenvalue weighted by Gasteiger charge is 2.47. The van der Waals surface area contributed by atoms with Crippen LogP contribution >= 0.6 is 0 Å². The summed E-state index contributed by atoms with van der Waals surface area (Å²) in [6, 6.07) is 0.210. The normalized spacial score (nSPS) is 18.8. The first-order valence-electron chi connectivity index (χ1n) is 8.15. The lowest BCUT2D eigenvalue weighted by molar-refractivity contribution is -0.173. The Balaban J connectivity index is 2.11. The Hall–Kier alpha value is -3.11. The molecule has 2 aromatic rings. The molecule has 11 heteroatoms. The summed E-state index contributed by atoms with van der Waals surface area (Å²) in [5, 5.41) is 15.8. The molecule has 28 heavy (non-hydrogen) atoms. The van der Waals surface area contributed by atoms with Crippen molar-refractivity contribution < 1.29 is 37.3 Å². The Labute approximate surface area is 157 Å². The maximum atomic E-state index is 13.6. The second-order valence-electron chi connectivity index (χ2n) is 6.11. The van der Waals surface area contributed by atoms with Crippen molar-refractivity contribution in [3.05, 3.63) is 29.5 Å². The lowest BCUT2D eigenvalue weighted by Gasteiger charge is -2.34. The summed E-state index contributed by atoms with van der Waals surface area (Å²) in [7, 11) is 4.20. The number of ether oxygens (including phenoxy) is 3. The Kier molecular flexibility index (Phi) is 5.01. The molecule has 0 unspecified atom stereocenters. The van der Waals surface area contributed by atoms with Crippen molar-refractivity contribution in [3.8, 4) is 17.2 Å². The average Bonchev–Trinajstić information content (AvgIpc) is 3.09. The Morgan fingerprint density at radius 3 is 2.29 bits per heavy atom. The molecule has 1 aliphatic heterocycles. The zero-order valence-electron chi connectivity index (χ0n) is 15.2. The van der Waals surface area contributed by atoms with Crippen molar-refractivity contribution in [1.29, 1.82) is 0 Å². The van der Waals surface area contributed by atoms with E-state index in [0.717, 1.165) is 6.20 Å². The third-order valence-corrected chi connectivity index (χ3v) is 4.56. The SMILES string of the molecule is COc1cc([C@H]2C[C@@H](C(F)(F)F)n3ncc(C(=O)O)c3N2)cc(OC)c1OC. The maximum absolute atomic E-state index is 13.6. The van der Waals surface area contributed by atoms with Crippen LogP contribution in [0.4, 0.5) is 19.0 Å². The lowest BCUT2D eigenvalue weighted by atomic mass is 9.96. The number of aromatic nitrogens is 2. The van der Waals surface area contributed by atoms with Gasteiger partial charge in [0, 0.05) is 6.42 Å². The molecule has 0 saturated heterocycles. The van der Waals surface area contributed by atoms with Crippen LogP contribution in [0.1, 0.15) is 34.4 Å². The number of nitrogens with one attached hydrogen (secondary N) is 1. The number of carboxylic acid groups (broad SMARTS) is 1. The van der Waals surface area contributed by atoms with Gasteiger partial charge in [-0.05, 0) is 17.7 Å². The number of alkyl halides is 3. The number of carboxylic acids is 1. The van der Waals surface area contributed by atoms with E-state index in [4.69, 9.17) is 14.2 Å². The van der Waals surface area contributed by atoms with E-state index in [1.54, 1.807) is 0 Å². The Morgan fingerprint density at radius 1 is 1.21 bits per heavy atom. The molecule has 0 aliphatic carbocycles. The monoisotopic (exact) mass is 401 g/mol. The molecule has 0 bridgehead atoms. The number of anilines is 1. The predicted octanol–water partition coefficient (Wildman–Crippen LogP) is 3.27. The number of nitrogens with zero attached hydrogens (tertiary/aromatic N) is 2. The van der Waals surface area contributed by atoms with Gasteiger partial charge in [0.25, 0.3) is 0 Å². The first kappa shape index (κ1) is 19.6. The first-order valence-corrected chi connectivity index (χ1v) is 8.15. The minimum absolute atomic E-state index is 0.208. The van der Waals surface area contributed by atoms with Gasteiger partial charge in [-0.15, -0.1) is 0 Å². The molecule has 3 rings (SSSR count). The molecule has 2 heterocycles. The van der Waals surface area contributed by atoms with Gasteiger partial charge in [-0.2, -0.15) is 18.3 Å². The maximum Gasteiger partial charge on any atom is 0.410 e. The fourth-order valence-corrected chi connectivity index (χ4v) is 3.24. The summed E-state index contributed by atoms with van der Waals surface area (Å²) < 4.78 is 57.3. The van der Waals surface area contributed by atoms with Crippen LogP contribution in [0, 0.1) is 0 Å². The van der Waals surface area contributed by atoms with Crippen LogP contribution in [-0.2, 0) is 0 Å². The van der Waals surface area contributed by atoms with Crippen LogP contribution in [0.25, 0.3) is 0 Å². The van der Waals surface area contributed by atoms with Crippen LogP contribution in [0.3, 0.4) is 0 Å². The predicted molar refractivity (Wildman–Crippen MR) is 91.4 cm³/mol. The Bertz CT molecular complexity index is 872. The second kappa shape index (κ2) is 7.13. The third kappa shape index (κ3) is 3.27. The van der Waals surface area contributed by atoms with E-state index in [1.807, 2.05) is 0 Å². The fraction of sp³-hybridized carbons (Fsp3) is 0.412. The van der Waals surface area contributed by atoms with Crippen LogP contribution in [0.5, 0.6) is 17.2 Å². The van der Waals surface area contributed by atoms with Crippen molar-refractivity contribution in [2.24, 2.45) is 0 Å². The summed E-state index contributed by atoms with van der Waals surface area (Å²) in [5.74, 6) is -0.729. The molecular weight excluding hydrogens is 383 g/mol. The van der Waals surface area contributed by atoms with Gasteiger partial charge in [0.05, 0.1) is 33.6 Å². The zero-order valence-corrected chi connectivity index (χ0v) is 15.2. The molecule has 1 aliphatic rings. The molecular formula is C17H18F3N3O5. The molecule has 1 aromatic heterocycles. The number of fused-ring (bicyclic) bond motifs is 1. The highest BCUT2D eigenvalue weighted by Crippen LogP contribution is 2.47. The minimum atomic E-state index is -4.61. The van der Waals surface area contributed by atoms with Gasteiger partial charge >= 0.3 is 12.1 Å². The van der Waals surface area contributed by atoms with Crippen LogP contribution < -0.4 is 19.5 Å². The molecule has 1 aromatic carbocycles. The van der Waals surface area contributed by atoms with Gasteiger partial charge in [-0.25, -0.2) is 9.48 Å². The summed E-state index contributed by atoms with van der Waals surface area (Å²) >= 11 is 0. The molecule has 0 saturated carbocycles. The first-order chi connectivity index (χ1) is 13.2. The largest absolute Gasteiger partial charge is 0.493 e. The number of benzene rings is 1. The van der Waals surface area contributed by atoms with Crippen LogP contribution in [-0.4, -0.2) is 48.4 Å². The van der Waals surface area contributed by atoms with Crippen molar-refractivity contribution in [3.63, 3.8) is 0 Å². The molecule has 2 atom stereocenters. The lowest BCUT2D eigenvalue weighted by Crippen LogP contribution is -2.36. The van der Waals surface area contributed by atoms with E-state index in [2.05, 4.69) is 10.4 Å². The smallest absolute Gasteiger partial charge is 0.410 e. The number of rotatable bonds is 5. The van der Waals surface area contributed by atoms with Gasteiger partial charge < -0.3 is 24.6 Å². The second-order valence-corrected chi connectivity index (χ2v) is 6.11. The zero-order chi connectivity index (χ0) is 20.6. The van der Waals surface area contributed by atoms with Gasteiger partial charge in [-0.1, -0.05) is 0 Å². The van der Waals surface area contributed by atoms with Crippen molar-refractivity contribution in [1.82, 2.24) is 9.78 Å². The van der Waals surface area contributed by atoms with E-state index in [-0.39, 0.29) is 22.9 Å². The fourth-order valence-electron chi connectivity index (χ4n) is 3.24. The molecule has 152 valence electrons. The number of aromatic carboxylic acids is 1. The van der Waals surface area contributed by atoms with Gasteiger partial charge in [0.1, 0.15) is 11.4 Å². The van der Waals surface area contributed by atoms with Gasteiger partial charge in [0.15, 0.2) is 17.5 Å². The van der Waals surface area contributed by atoms with Crippen molar-refractivity contribution in [2.45, 2.75) is 24.7 Å². The summed E-state index contributed by atoms with van der Waals surface area (Å²) in [4.78, 5) is 11.4. The van der Waals surface area contributed by atoms with E-state index in [0.29, 0.717) is 16.0 Å². The van der Waals surface area contributed by atoms with Gasteiger partial charge in [0.2, 0.25) is 5.75 Å². The summed E-state index contributed by atoms with van der Waals surface area (Å²) in [5.41, 5.74) is 0.0823. The number of halogens is 3. The third-order valence-electron chi connectivity index (χ3n) is 4.56. The van der Waals surface area contributed by atoms with Gasteiger partial charge in [-0.3, -0.25) is 0 Å². The molecule has 0 spiro atoms.